The first-order valence-corrected chi connectivity index (χ1v) is 9.03. The highest BCUT2D eigenvalue weighted by Crippen LogP contribution is 2.35. The van der Waals surface area contributed by atoms with E-state index in [1.54, 1.807) is 18.2 Å². The first-order valence-electron chi connectivity index (χ1n) is 9.03. The lowest BCUT2D eigenvalue weighted by Crippen LogP contribution is -2.04. The van der Waals surface area contributed by atoms with Gasteiger partial charge in [0.05, 0.1) is 0 Å². The Bertz CT molecular complexity index is 728. The van der Waals surface area contributed by atoms with Gasteiger partial charge in [0.15, 0.2) is 11.6 Å². The van der Waals surface area contributed by atoms with Crippen molar-refractivity contribution < 1.29 is 13.5 Å². The van der Waals surface area contributed by atoms with Crippen molar-refractivity contribution in [1.29, 1.82) is 0 Å². The molecule has 0 atom stereocenters. The molecule has 0 radical (unpaired) electrons. The fraction of sp³-hybridized carbons (Fsp3) is 0.364. The van der Waals surface area contributed by atoms with Crippen LogP contribution in [0.4, 0.5) is 8.78 Å². The second-order valence-electron chi connectivity index (χ2n) is 6.58. The van der Waals surface area contributed by atoms with Crippen LogP contribution in [0.25, 0.3) is 11.1 Å². The smallest absolute Gasteiger partial charge is 0.201 e. The number of hydrogen-bond donors (Lipinski definition) is 0. The predicted octanol–water partition coefficient (Wildman–Crippen LogP) is 6.63. The van der Waals surface area contributed by atoms with E-state index < -0.39 is 11.6 Å². The SMILES string of the molecule is C/C=C/COc1ccc(-c2ccc(C3CCCCC3)cc2)c(F)c1F. The quantitative estimate of drug-likeness (QED) is 0.554. The summed E-state index contributed by atoms with van der Waals surface area (Å²) in [5, 5.41) is 0. The summed E-state index contributed by atoms with van der Waals surface area (Å²) in [7, 11) is 0. The summed E-state index contributed by atoms with van der Waals surface area (Å²) < 4.78 is 33.9. The number of rotatable bonds is 5. The van der Waals surface area contributed by atoms with Gasteiger partial charge in [-0.3, -0.25) is 0 Å². The van der Waals surface area contributed by atoms with Crippen LogP contribution in [0.1, 0.15) is 50.5 Å². The number of halogens is 2. The third-order valence-electron chi connectivity index (χ3n) is 4.92. The van der Waals surface area contributed by atoms with Crippen molar-refractivity contribution in [3.8, 4) is 16.9 Å². The highest BCUT2D eigenvalue weighted by atomic mass is 19.2. The summed E-state index contributed by atoms with van der Waals surface area (Å²) in [5.74, 6) is -1.24. The Hall–Kier alpha value is -2.16. The van der Waals surface area contributed by atoms with Gasteiger partial charge >= 0.3 is 0 Å². The Morgan fingerprint density at radius 3 is 2.36 bits per heavy atom. The van der Waals surface area contributed by atoms with E-state index in [4.69, 9.17) is 4.74 Å². The van der Waals surface area contributed by atoms with Crippen LogP contribution in [-0.4, -0.2) is 6.61 Å². The molecular weight excluding hydrogens is 318 g/mol. The molecule has 0 aromatic heterocycles. The van der Waals surface area contributed by atoms with Gasteiger partial charge in [0, 0.05) is 5.56 Å². The molecular formula is C22H24F2O. The molecule has 25 heavy (non-hydrogen) atoms. The van der Waals surface area contributed by atoms with E-state index in [0.29, 0.717) is 11.5 Å². The van der Waals surface area contributed by atoms with Crippen molar-refractivity contribution in [2.24, 2.45) is 0 Å². The number of hydrogen-bond acceptors (Lipinski definition) is 1. The molecule has 0 amide bonds. The van der Waals surface area contributed by atoms with Gasteiger partial charge in [-0.15, -0.1) is 0 Å². The summed E-state index contributed by atoms with van der Waals surface area (Å²) in [6.45, 7) is 2.07. The standard InChI is InChI=1S/C22H24F2O/c1-2-3-15-25-20-14-13-19(21(23)22(20)24)18-11-9-17(10-12-18)16-7-5-4-6-8-16/h2-3,9-14,16H,4-8,15H2,1H3/b3-2+. The van der Waals surface area contributed by atoms with Crippen LogP contribution in [0.3, 0.4) is 0 Å². The van der Waals surface area contributed by atoms with Gasteiger partial charge in [-0.25, -0.2) is 4.39 Å². The van der Waals surface area contributed by atoms with Crippen molar-refractivity contribution in [3.63, 3.8) is 0 Å². The second kappa shape index (κ2) is 8.28. The highest BCUT2D eigenvalue weighted by Gasteiger charge is 2.18. The fourth-order valence-electron chi connectivity index (χ4n) is 3.47. The monoisotopic (exact) mass is 342 g/mol. The molecule has 0 aliphatic heterocycles. The van der Waals surface area contributed by atoms with Crippen molar-refractivity contribution in [2.75, 3.05) is 6.61 Å². The molecule has 0 saturated heterocycles. The zero-order chi connectivity index (χ0) is 17.6. The summed E-state index contributed by atoms with van der Waals surface area (Å²) in [6.07, 6.45) is 9.87. The maximum atomic E-state index is 14.4. The summed E-state index contributed by atoms with van der Waals surface area (Å²) in [6, 6.07) is 11.0. The average Bonchev–Trinajstić information content (AvgIpc) is 2.66. The third kappa shape index (κ3) is 4.09. The minimum atomic E-state index is -0.932. The van der Waals surface area contributed by atoms with Crippen molar-refractivity contribution in [3.05, 3.63) is 65.7 Å². The summed E-state index contributed by atoms with van der Waals surface area (Å²) in [4.78, 5) is 0. The van der Waals surface area contributed by atoms with Crippen LogP contribution >= 0.6 is 0 Å². The molecule has 0 unspecified atom stereocenters. The predicted molar refractivity (Wildman–Crippen MR) is 97.9 cm³/mol. The average molecular weight is 342 g/mol. The summed E-state index contributed by atoms with van der Waals surface area (Å²) in [5.41, 5.74) is 2.26. The Balaban J connectivity index is 1.80. The molecule has 3 rings (SSSR count). The molecule has 3 heteroatoms. The molecule has 0 bridgehead atoms. The number of benzene rings is 2. The first kappa shape index (κ1) is 17.7. The van der Waals surface area contributed by atoms with E-state index in [9.17, 15) is 8.78 Å². The van der Waals surface area contributed by atoms with Gasteiger partial charge in [-0.2, -0.15) is 4.39 Å². The van der Waals surface area contributed by atoms with E-state index in [1.807, 2.05) is 19.1 Å². The fourth-order valence-corrected chi connectivity index (χ4v) is 3.47. The van der Waals surface area contributed by atoms with Crippen LogP contribution in [0.5, 0.6) is 5.75 Å². The van der Waals surface area contributed by atoms with Gasteiger partial charge in [0.2, 0.25) is 5.82 Å². The zero-order valence-corrected chi connectivity index (χ0v) is 14.6. The van der Waals surface area contributed by atoms with Gasteiger partial charge in [-0.05, 0) is 48.9 Å². The molecule has 1 aliphatic carbocycles. The molecule has 0 heterocycles. The molecule has 2 aromatic carbocycles. The van der Waals surface area contributed by atoms with E-state index in [2.05, 4.69) is 12.1 Å². The number of ether oxygens (including phenoxy) is 1. The van der Waals surface area contributed by atoms with Crippen LogP contribution in [0.15, 0.2) is 48.6 Å². The topological polar surface area (TPSA) is 9.23 Å². The van der Waals surface area contributed by atoms with E-state index in [-0.39, 0.29) is 17.9 Å². The zero-order valence-electron chi connectivity index (χ0n) is 14.6. The molecule has 0 N–H and O–H groups in total. The Kier molecular flexibility index (Phi) is 5.85. The molecule has 1 aliphatic rings. The Morgan fingerprint density at radius 2 is 1.68 bits per heavy atom. The van der Waals surface area contributed by atoms with Gasteiger partial charge < -0.3 is 4.74 Å². The molecule has 1 fully saturated rings. The van der Waals surface area contributed by atoms with Crippen LogP contribution < -0.4 is 4.74 Å². The van der Waals surface area contributed by atoms with Crippen LogP contribution in [-0.2, 0) is 0 Å². The van der Waals surface area contributed by atoms with Crippen molar-refractivity contribution >= 4 is 0 Å². The van der Waals surface area contributed by atoms with Gasteiger partial charge in [0.1, 0.15) is 6.61 Å². The van der Waals surface area contributed by atoms with E-state index in [0.717, 1.165) is 0 Å². The summed E-state index contributed by atoms with van der Waals surface area (Å²) >= 11 is 0. The largest absolute Gasteiger partial charge is 0.486 e. The Morgan fingerprint density at radius 1 is 0.960 bits per heavy atom. The maximum Gasteiger partial charge on any atom is 0.201 e. The molecule has 132 valence electrons. The third-order valence-corrected chi connectivity index (χ3v) is 4.92. The maximum absolute atomic E-state index is 14.4. The Labute approximate surface area is 148 Å². The van der Waals surface area contributed by atoms with E-state index in [1.165, 1.54) is 43.7 Å². The van der Waals surface area contributed by atoms with Gasteiger partial charge in [-0.1, -0.05) is 55.7 Å². The number of allylic oxidation sites excluding steroid dienone is 1. The second-order valence-corrected chi connectivity index (χ2v) is 6.58. The van der Waals surface area contributed by atoms with Crippen LogP contribution in [0.2, 0.25) is 0 Å². The molecule has 1 saturated carbocycles. The van der Waals surface area contributed by atoms with E-state index >= 15 is 0 Å². The normalized spacial score (nSPS) is 15.6. The minimum Gasteiger partial charge on any atom is -0.486 e. The molecule has 1 nitrogen and oxygen atoms in total. The first-order chi connectivity index (χ1) is 12.2. The lowest BCUT2D eigenvalue weighted by molar-refractivity contribution is 0.332. The minimum absolute atomic E-state index is 0.0572. The highest BCUT2D eigenvalue weighted by molar-refractivity contribution is 5.65. The molecule has 2 aromatic rings. The molecule has 0 spiro atoms. The van der Waals surface area contributed by atoms with Crippen LogP contribution in [0, 0.1) is 11.6 Å². The van der Waals surface area contributed by atoms with Crippen molar-refractivity contribution in [1.82, 2.24) is 0 Å². The lowest BCUT2D eigenvalue weighted by atomic mass is 9.83. The lowest BCUT2D eigenvalue weighted by Gasteiger charge is -2.22. The van der Waals surface area contributed by atoms with Gasteiger partial charge in [0.25, 0.3) is 0 Å². The van der Waals surface area contributed by atoms with Crippen molar-refractivity contribution in [2.45, 2.75) is 44.9 Å².